The maximum atomic E-state index is 12.8. The van der Waals surface area contributed by atoms with Gasteiger partial charge in [0.05, 0.1) is 25.3 Å². The predicted molar refractivity (Wildman–Crippen MR) is 110 cm³/mol. The molecule has 6 nitrogen and oxygen atoms in total. The van der Waals surface area contributed by atoms with Gasteiger partial charge >= 0.3 is 18.4 Å². The maximum absolute atomic E-state index is 12.8. The summed E-state index contributed by atoms with van der Waals surface area (Å²) in [5.74, 6) is -0.533. The van der Waals surface area contributed by atoms with E-state index in [0.29, 0.717) is 0 Å². The Morgan fingerprint density at radius 3 is 1.70 bits per heavy atom. The molecule has 0 atom stereocenters. The van der Waals surface area contributed by atoms with Crippen LogP contribution in [-0.4, -0.2) is 25.9 Å². The second-order valence-electron chi connectivity index (χ2n) is 7.50. The van der Waals surface area contributed by atoms with Crippen LogP contribution in [0.15, 0.2) is 36.4 Å². The smallest absolute Gasteiger partial charge is 0.420 e. The molecule has 12 heteroatoms. The van der Waals surface area contributed by atoms with E-state index in [1.54, 1.807) is 20.8 Å². The van der Waals surface area contributed by atoms with Crippen LogP contribution in [-0.2, 0) is 17.1 Å². The highest BCUT2D eigenvalue weighted by molar-refractivity contribution is 5.85. The summed E-state index contributed by atoms with van der Waals surface area (Å²) in [6, 6.07) is 6.63. The molecule has 0 radical (unpaired) electrons. The Labute approximate surface area is 186 Å². The Bertz CT molecular complexity index is 953. The zero-order chi connectivity index (χ0) is 25.6. The van der Waals surface area contributed by atoms with Crippen LogP contribution >= 0.6 is 0 Å². The molecule has 0 bridgehead atoms. The topological polar surface area (TPSA) is 82.8 Å². The van der Waals surface area contributed by atoms with Crippen molar-refractivity contribution in [1.82, 2.24) is 0 Å². The summed E-state index contributed by atoms with van der Waals surface area (Å²) in [5, 5.41) is 2.25. The lowest BCUT2D eigenvalue weighted by atomic mass is 10.1. The van der Waals surface area contributed by atoms with Gasteiger partial charge in [0.15, 0.2) is 0 Å². The number of hydrogen-bond acceptors (Lipinski definition) is 5. The molecule has 184 valence electrons. The summed E-state index contributed by atoms with van der Waals surface area (Å²) in [7, 11) is 2.33. The first-order valence-electron chi connectivity index (χ1n) is 9.24. The number of methoxy groups -OCH3 is 2. The van der Waals surface area contributed by atoms with Crippen molar-refractivity contribution in [1.29, 1.82) is 0 Å². The summed E-state index contributed by atoms with van der Waals surface area (Å²) < 4.78 is 89.4. The van der Waals surface area contributed by atoms with Crippen molar-refractivity contribution in [2.24, 2.45) is 0 Å². The quantitative estimate of drug-likeness (QED) is 0.393. The van der Waals surface area contributed by atoms with E-state index in [0.717, 1.165) is 25.3 Å². The van der Waals surface area contributed by atoms with Crippen molar-refractivity contribution in [2.45, 2.75) is 38.7 Å². The SMILES string of the molecule is COc1ccc(N)cc1C(F)(F)F.COc1ccc(NC(=O)OC(C)(C)C)cc1C(F)(F)F. The molecule has 0 unspecified atom stereocenters. The normalized spacial score (nSPS) is 11.7. The van der Waals surface area contributed by atoms with Gasteiger partial charge in [-0.2, -0.15) is 26.3 Å². The van der Waals surface area contributed by atoms with Gasteiger partial charge in [0.2, 0.25) is 0 Å². The number of anilines is 2. The highest BCUT2D eigenvalue weighted by Gasteiger charge is 2.35. The van der Waals surface area contributed by atoms with E-state index >= 15 is 0 Å². The molecule has 2 aromatic carbocycles. The summed E-state index contributed by atoms with van der Waals surface area (Å²) in [4.78, 5) is 11.5. The third kappa shape index (κ3) is 8.99. The Morgan fingerprint density at radius 2 is 1.27 bits per heavy atom. The van der Waals surface area contributed by atoms with Crippen LogP contribution in [0.2, 0.25) is 0 Å². The Morgan fingerprint density at radius 1 is 0.818 bits per heavy atom. The fraction of sp³-hybridized carbons (Fsp3) is 0.381. The first kappa shape index (κ1) is 27.7. The van der Waals surface area contributed by atoms with E-state index in [1.807, 2.05) is 0 Å². The molecule has 2 rings (SSSR count). The number of alkyl halides is 6. The summed E-state index contributed by atoms with van der Waals surface area (Å²) in [6.45, 7) is 4.96. The summed E-state index contributed by atoms with van der Waals surface area (Å²) in [6.07, 6.45) is -9.83. The third-order valence-corrected chi connectivity index (χ3v) is 3.68. The van der Waals surface area contributed by atoms with Crippen molar-refractivity contribution in [2.75, 3.05) is 25.3 Å². The first-order chi connectivity index (χ1) is 15.0. The fourth-order valence-electron chi connectivity index (χ4n) is 2.38. The van der Waals surface area contributed by atoms with E-state index in [-0.39, 0.29) is 22.9 Å². The van der Waals surface area contributed by atoms with Crippen molar-refractivity contribution in [3.63, 3.8) is 0 Å². The molecule has 0 saturated heterocycles. The molecule has 3 N–H and O–H groups in total. The third-order valence-electron chi connectivity index (χ3n) is 3.68. The van der Waals surface area contributed by atoms with E-state index in [1.165, 1.54) is 25.3 Å². The Balaban J connectivity index is 0.000000361. The van der Waals surface area contributed by atoms with Crippen molar-refractivity contribution in [3.8, 4) is 11.5 Å². The Hall–Kier alpha value is -3.31. The van der Waals surface area contributed by atoms with Crippen molar-refractivity contribution in [3.05, 3.63) is 47.5 Å². The second kappa shape index (κ2) is 10.5. The van der Waals surface area contributed by atoms with E-state index in [2.05, 4.69) is 14.8 Å². The summed E-state index contributed by atoms with van der Waals surface area (Å²) >= 11 is 0. The molecule has 33 heavy (non-hydrogen) atoms. The van der Waals surface area contributed by atoms with Gasteiger partial charge < -0.3 is 19.9 Å². The number of ether oxygens (including phenoxy) is 3. The maximum Gasteiger partial charge on any atom is 0.420 e. The van der Waals surface area contributed by atoms with Crippen LogP contribution in [0.5, 0.6) is 11.5 Å². The second-order valence-corrected chi connectivity index (χ2v) is 7.50. The standard InChI is InChI=1S/C13H16F3NO3.C8H8F3NO/c1-12(2,3)20-11(18)17-8-5-6-10(19-4)9(7-8)13(14,15)16;1-13-7-3-2-5(12)4-6(7)8(9,10)11/h5-7H,1-4H3,(H,17,18);2-4H,12H2,1H3. The van der Waals surface area contributed by atoms with Crippen LogP contribution in [0.1, 0.15) is 31.9 Å². The lowest BCUT2D eigenvalue weighted by Gasteiger charge is -2.20. The number of amides is 1. The average Bonchev–Trinajstić information content (AvgIpc) is 2.65. The summed E-state index contributed by atoms with van der Waals surface area (Å²) in [5.41, 5.74) is 2.72. The molecule has 1 amide bonds. The number of hydrogen-bond donors (Lipinski definition) is 2. The van der Waals surface area contributed by atoms with Gasteiger partial charge in [-0.1, -0.05) is 0 Å². The molecule has 0 aliphatic heterocycles. The first-order valence-corrected chi connectivity index (χ1v) is 9.24. The highest BCUT2D eigenvalue weighted by atomic mass is 19.4. The van der Waals surface area contributed by atoms with Gasteiger partial charge in [-0.3, -0.25) is 5.32 Å². The van der Waals surface area contributed by atoms with Crippen molar-refractivity contribution < 1.29 is 45.3 Å². The van der Waals surface area contributed by atoms with E-state index in [9.17, 15) is 31.1 Å². The van der Waals surface area contributed by atoms with Gasteiger partial charge in [-0.25, -0.2) is 4.79 Å². The number of rotatable bonds is 3. The predicted octanol–water partition coefficient (Wildman–Crippen LogP) is 6.36. The van der Waals surface area contributed by atoms with Crippen LogP contribution in [0, 0.1) is 0 Å². The Kier molecular flexibility index (Phi) is 8.85. The molecule has 0 spiro atoms. The lowest BCUT2D eigenvalue weighted by molar-refractivity contribution is -0.139. The van der Waals surface area contributed by atoms with E-state index in [4.69, 9.17) is 10.5 Å². The molecule has 0 heterocycles. The molecule has 0 aliphatic rings. The average molecular weight is 482 g/mol. The van der Waals surface area contributed by atoms with Gasteiger partial charge in [0.25, 0.3) is 0 Å². The number of nitrogens with two attached hydrogens (primary N) is 1. The van der Waals surface area contributed by atoms with Crippen LogP contribution in [0.4, 0.5) is 42.5 Å². The number of carbonyl (C=O) groups is 1. The number of nitrogens with one attached hydrogen (secondary N) is 1. The minimum absolute atomic E-state index is 0.0209. The molecular weight excluding hydrogens is 458 g/mol. The number of nitrogen functional groups attached to an aromatic ring is 1. The lowest BCUT2D eigenvalue weighted by Crippen LogP contribution is -2.27. The molecule has 2 aromatic rings. The van der Waals surface area contributed by atoms with Crippen LogP contribution < -0.4 is 20.5 Å². The molecule has 0 fully saturated rings. The van der Waals surface area contributed by atoms with Gasteiger partial charge in [0, 0.05) is 11.4 Å². The van der Waals surface area contributed by atoms with Gasteiger partial charge in [0.1, 0.15) is 17.1 Å². The largest absolute Gasteiger partial charge is 0.496 e. The minimum Gasteiger partial charge on any atom is -0.496 e. The number of carbonyl (C=O) groups excluding carboxylic acids is 1. The number of halogens is 6. The highest BCUT2D eigenvalue weighted by Crippen LogP contribution is 2.38. The molecular formula is C21H24F6N2O4. The van der Waals surface area contributed by atoms with Gasteiger partial charge in [-0.05, 0) is 57.2 Å². The monoisotopic (exact) mass is 482 g/mol. The zero-order valence-electron chi connectivity index (χ0n) is 18.4. The molecule has 0 aliphatic carbocycles. The zero-order valence-corrected chi connectivity index (χ0v) is 18.4. The van der Waals surface area contributed by atoms with Gasteiger partial charge in [-0.15, -0.1) is 0 Å². The van der Waals surface area contributed by atoms with Crippen LogP contribution in [0.3, 0.4) is 0 Å². The van der Waals surface area contributed by atoms with E-state index < -0.39 is 35.2 Å². The fourth-order valence-corrected chi connectivity index (χ4v) is 2.38. The number of benzene rings is 2. The van der Waals surface area contributed by atoms with Crippen LogP contribution in [0.25, 0.3) is 0 Å². The molecule has 0 saturated carbocycles. The molecule has 0 aromatic heterocycles. The van der Waals surface area contributed by atoms with Crippen molar-refractivity contribution >= 4 is 17.5 Å². The minimum atomic E-state index is -4.57.